The number of rotatable bonds is 0. The fourth-order valence-corrected chi connectivity index (χ4v) is 4.05. The van der Waals surface area contributed by atoms with Crippen LogP contribution in [0.3, 0.4) is 0 Å². The summed E-state index contributed by atoms with van der Waals surface area (Å²) in [7, 11) is 0. The number of hydrogen-bond donors (Lipinski definition) is 0. The molecule has 0 spiro atoms. The molecule has 0 radical (unpaired) electrons. The van der Waals surface area contributed by atoms with Crippen LogP contribution in [0.1, 0.15) is 30.5 Å². The zero-order valence-electron chi connectivity index (χ0n) is 14.1. The lowest BCUT2D eigenvalue weighted by atomic mass is 9.70. The number of hydrogen-bond acceptors (Lipinski definition) is 2. The number of aromatic nitrogens is 2. The van der Waals surface area contributed by atoms with Gasteiger partial charge >= 0.3 is 0 Å². The first kappa shape index (κ1) is 13.7. The van der Waals surface area contributed by atoms with Crippen LogP contribution in [-0.4, -0.2) is 9.97 Å². The topological polar surface area (TPSA) is 25.8 Å². The highest BCUT2D eigenvalue weighted by Crippen LogP contribution is 2.47. The molecule has 5 rings (SSSR count). The van der Waals surface area contributed by atoms with Gasteiger partial charge in [0.05, 0.1) is 16.7 Å². The summed E-state index contributed by atoms with van der Waals surface area (Å²) in [5, 5.41) is 2.46. The van der Waals surface area contributed by atoms with Gasteiger partial charge in [0.15, 0.2) is 0 Å². The van der Waals surface area contributed by atoms with Crippen molar-refractivity contribution in [3.05, 3.63) is 71.4 Å². The molecule has 2 aromatic heterocycles. The summed E-state index contributed by atoms with van der Waals surface area (Å²) >= 11 is 0. The van der Waals surface area contributed by atoms with Crippen molar-refractivity contribution >= 4 is 21.8 Å². The average molecular weight is 310 g/mol. The largest absolute Gasteiger partial charge is 0.256 e. The highest BCUT2D eigenvalue weighted by atomic mass is 14.7. The molecular weight excluding hydrogens is 292 g/mol. The van der Waals surface area contributed by atoms with Crippen LogP contribution in [0.15, 0.2) is 54.7 Å². The van der Waals surface area contributed by atoms with Crippen molar-refractivity contribution in [3.63, 3.8) is 0 Å². The average Bonchev–Trinajstić information content (AvgIpc) is 2.58. The number of aryl methyl sites for hydroxylation is 1. The lowest BCUT2D eigenvalue weighted by Gasteiger charge is -2.34. The van der Waals surface area contributed by atoms with Crippen LogP contribution in [-0.2, 0) is 5.41 Å². The third kappa shape index (κ3) is 1.66. The van der Waals surface area contributed by atoms with Crippen LogP contribution < -0.4 is 0 Å². The van der Waals surface area contributed by atoms with E-state index in [0.29, 0.717) is 0 Å². The van der Waals surface area contributed by atoms with Crippen LogP contribution in [0.4, 0.5) is 0 Å². The van der Waals surface area contributed by atoms with E-state index in [4.69, 9.17) is 4.98 Å². The van der Waals surface area contributed by atoms with Crippen molar-refractivity contribution in [1.82, 2.24) is 9.97 Å². The third-order valence-corrected chi connectivity index (χ3v) is 5.34. The smallest absolute Gasteiger partial charge is 0.0758 e. The fourth-order valence-electron chi connectivity index (χ4n) is 4.05. The summed E-state index contributed by atoms with van der Waals surface area (Å²) in [5.74, 6) is 0. The van der Waals surface area contributed by atoms with E-state index >= 15 is 0 Å². The molecule has 2 heterocycles. The van der Waals surface area contributed by atoms with Gasteiger partial charge in [-0.2, -0.15) is 0 Å². The molecule has 0 amide bonds. The van der Waals surface area contributed by atoms with Crippen LogP contribution >= 0.6 is 0 Å². The molecule has 116 valence electrons. The van der Waals surface area contributed by atoms with E-state index in [1.54, 1.807) is 0 Å². The number of pyridine rings is 2. The Morgan fingerprint density at radius 1 is 0.875 bits per heavy atom. The van der Waals surface area contributed by atoms with Crippen molar-refractivity contribution < 1.29 is 0 Å². The molecule has 2 nitrogen and oxygen atoms in total. The Balaban J connectivity index is 1.99. The van der Waals surface area contributed by atoms with E-state index in [2.05, 4.69) is 74.3 Å². The van der Waals surface area contributed by atoms with Crippen molar-refractivity contribution in [2.75, 3.05) is 0 Å². The molecule has 2 aromatic carbocycles. The summed E-state index contributed by atoms with van der Waals surface area (Å²) in [6.45, 7) is 6.71. The summed E-state index contributed by atoms with van der Waals surface area (Å²) < 4.78 is 0. The van der Waals surface area contributed by atoms with Crippen LogP contribution in [0.2, 0.25) is 0 Å². The molecule has 2 heteroatoms. The Morgan fingerprint density at radius 3 is 2.62 bits per heavy atom. The zero-order chi connectivity index (χ0) is 16.5. The summed E-state index contributed by atoms with van der Waals surface area (Å²) in [5.41, 5.74) is 8.22. The lowest BCUT2D eigenvalue weighted by Crippen LogP contribution is -2.24. The first-order chi connectivity index (χ1) is 11.6. The minimum absolute atomic E-state index is 0.0875. The molecule has 0 aliphatic heterocycles. The monoisotopic (exact) mass is 310 g/mol. The Labute approximate surface area is 141 Å². The Morgan fingerprint density at radius 2 is 1.75 bits per heavy atom. The van der Waals surface area contributed by atoms with Crippen molar-refractivity contribution in [2.24, 2.45) is 0 Å². The van der Waals surface area contributed by atoms with Gasteiger partial charge in [-0.1, -0.05) is 37.6 Å². The van der Waals surface area contributed by atoms with Gasteiger partial charge in [0.2, 0.25) is 0 Å². The standard InChI is InChI=1S/C22H18N2/c1-13-7-8-18-14(11-13)12-17-21(24-18)15-9-10-23-19-6-4-5-16(20(15)19)22(17,2)3/h4-12H,1-3H3. The van der Waals surface area contributed by atoms with E-state index < -0.39 is 0 Å². The molecule has 1 aliphatic rings. The second kappa shape index (κ2) is 4.41. The molecule has 4 aromatic rings. The number of fused-ring (bicyclic) bond motifs is 3. The third-order valence-electron chi connectivity index (χ3n) is 5.34. The Hall–Kier alpha value is -2.74. The maximum absolute atomic E-state index is 5.05. The minimum Gasteiger partial charge on any atom is -0.256 e. The van der Waals surface area contributed by atoms with Crippen LogP contribution in [0, 0.1) is 6.92 Å². The number of benzene rings is 2. The predicted octanol–water partition coefficient (Wildman–Crippen LogP) is 5.40. The highest BCUT2D eigenvalue weighted by Gasteiger charge is 2.34. The van der Waals surface area contributed by atoms with Gasteiger partial charge in [-0.15, -0.1) is 0 Å². The number of nitrogens with zero attached hydrogens (tertiary/aromatic N) is 2. The second-order valence-electron chi connectivity index (χ2n) is 7.26. The summed E-state index contributed by atoms with van der Waals surface area (Å²) in [4.78, 5) is 9.62. The first-order valence-corrected chi connectivity index (χ1v) is 8.36. The molecule has 0 saturated carbocycles. The quantitative estimate of drug-likeness (QED) is 0.435. The molecule has 0 N–H and O–H groups in total. The maximum atomic E-state index is 5.05. The lowest BCUT2D eigenvalue weighted by molar-refractivity contribution is 0.643. The summed E-state index contributed by atoms with van der Waals surface area (Å²) in [6, 6.07) is 17.3. The molecule has 24 heavy (non-hydrogen) atoms. The Bertz CT molecular complexity index is 1130. The maximum Gasteiger partial charge on any atom is 0.0758 e. The molecular formula is C22H18N2. The second-order valence-corrected chi connectivity index (χ2v) is 7.26. The van der Waals surface area contributed by atoms with Gasteiger partial charge in [-0.3, -0.25) is 4.98 Å². The van der Waals surface area contributed by atoms with E-state index in [-0.39, 0.29) is 5.41 Å². The van der Waals surface area contributed by atoms with Gasteiger partial charge in [0, 0.05) is 27.9 Å². The zero-order valence-corrected chi connectivity index (χ0v) is 14.1. The van der Waals surface area contributed by atoms with Gasteiger partial charge in [0.1, 0.15) is 0 Å². The van der Waals surface area contributed by atoms with Gasteiger partial charge < -0.3 is 0 Å². The normalized spacial score (nSPS) is 14.8. The van der Waals surface area contributed by atoms with E-state index in [9.17, 15) is 0 Å². The first-order valence-electron chi connectivity index (χ1n) is 8.36. The van der Waals surface area contributed by atoms with Gasteiger partial charge in [0.25, 0.3) is 0 Å². The SMILES string of the molecule is Cc1ccc2nc3c(cc2c1)C(C)(C)c1cccc2nccc-3c12. The molecule has 0 fully saturated rings. The van der Waals surface area contributed by atoms with Crippen molar-refractivity contribution in [3.8, 4) is 11.3 Å². The van der Waals surface area contributed by atoms with Crippen LogP contribution in [0.5, 0.6) is 0 Å². The molecule has 0 saturated heterocycles. The van der Waals surface area contributed by atoms with Crippen molar-refractivity contribution in [2.45, 2.75) is 26.2 Å². The predicted molar refractivity (Wildman–Crippen MR) is 99.3 cm³/mol. The molecule has 1 aliphatic carbocycles. The highest BCUT2D eigenvalue weighted by molar-refractivity contribution is 6.01. The van der Waals surface area contributed by atoms with Crippen molar-refractivity contribution in [1.29, 1.82) is 0 Å². The fraction of sp³-hybridized carbons (Fsp3) is 0.182. The Kier molecular flexibility index (Phi) is 2.52. The van der Waals surface area contributed by atoms with E-state index in [1.807, 2.05) is 6.20 Å². The molecule has 0 bridgehead atoms. The molecule has 0 atom stereocenters. The summed E-state index contributed by atoms with van der Waals surface area (Å²) in [6.07, 6.45) is 1.89. The van der Waals surface area contributed by atoms with Gasteiger partial charge in [-0.05, 0) is 48.4 Å². The minimum atomic E-state index is -0.0875. The molecule has 0 unspecified atom stereocenters. The van der Waals surface area contributed by atoms with Gasteiger partial charge in [-0.25, -0.2) is 4.98 Å². The van der Waals surface area contributed by atoms with E-state index in [1.165, 1.54) is 33.0 Å². The van der Waals surface area contributed by atoms with Crippen LogP contribution in [0.25, 0.3) is 33.1 Å². The van der Waals surface area contributed by atoms with E-state index in [0.717, 1.165) is 16.7 Å².